The Kier molecular flexibility index (Phi) is 3.47. The Balaban J connectivity index is 2.32. The lowest BCUT2D eigenvalue weighted by Gasteiger charge is -2.23. The quantitative estimate of drug-likeness (QED) is 0.870. The van der Waals surface area contributed by atoms with Crippen LogP contribution in [0.15, 0.2) is 12.1 Å². The average Bonchev–Trinajstić information content (AvgIpc) is 2.72. The van der Waals surface area contributed by atoms with Crippen LogP contribution in [-0.4, -0.2) is 18.0 Å². The van der Waals surface area contributed by atoms with Crippen LogP contribution in [0.2, 0.25) is 5.02 Å². The SMILES string of the molecule is CC(C)[C@H](O)[C@H](N)c1cc2c(cc1Cl)OCO2. The molecule has 2 atom stereocenters. The molecule has 17 heavy (non-hydrogen) atoms. The van der Waals surface area contributed by atoms with Crippen molar-refractivity contribution in [2.45, 2.75) is 26.0 Å². The van der Waals surface area contributed by atoms with Gasteiger partial charge in [0, 0.05) is 11.1 Å². The largest absolute Gasteiger partial charge is 0.454 e. The fourth-order valence-corrected chi connectivity index (χ4v) is 2.07. The molecule has 1 aliphatic rings. The second kappa shape index (κ2) is 4.72. The molecule has 0 aromatic heterocycles. The number of rotatable bonds is 3. The van der Waals surface area contributed by atoms with Crippen LogP contribution in [-0.2, 0) is 0 Å². The van der Waals surface area contributed by atoms with Gasteiger partial charge < -0.3 is 20.3 Å². The van der Waals surface area contributed by atoms with Gasteiger partial charge in [0.15, 0.2) is 11.5 Å². The highest BCUT2D eigenvalue weighted by Crippen LogP contribution is 2.39. The van der Waals surface area contributed by atoms with E-state index >= 15 is 0 Å². The van der Waals surface area contributed by atoms with Crippen LogP contribution in [0.3, 0.4) is 0 Å². The lowest BCUT2D eigenvalue weighted by molar-refractivity contribution is 0.0979. The van der Waals surface area contributed by atoms with Crippen molar-refractivity contribution < 1.29 is 14.6 Å². The van der Waals surface area contributed by atoms with Gasteiger partial charge >= 0.3 is 0 Å². The standard InChI is InChI=1S/C12H16ClNO3/c1-6(2)12(15)11(14)7-3-9-10(4-8(7)13)17-5-16-9/h3-4,6,11-12,15H,5,14H2,1-2H3/t11-,12+/m1/s1. The van der Waals surface area contributed by atoms with Gasteiger partial charge in [0.25, 0.3) is 0 Å². The smallest absolute Gasteiger partial charge is 0.231 e. The number of aliphatic hydroxyl groups is 1. The molecule has 94 valence electrons. The Morgan fingerprint density at radius 1 is 1.29 bits per heavy atom. The fraction of sp³-hybridized carbons (Fsp3) is 0.500. The third-order valence-electron chi connectivity index (χ3n) is 2.90. The average molecular weight is 258 g/mol. The highest BCUT2D eigenvalue weighted by Gasteiger charge is 2.25. The molecule has 3 N–H and O–H groups in total. The maximum atomic E-state index is 9.97. The van der Waals surface area contributed by atoms with E-state index in [4.69, 9.17) is 26.8 Å². The van der Waals surface area contributed by atoms with E-state index in [0.29, 0.717) is 22.1 Å². The van der Waals surface area contributed by atoms with Crippen molar-refractivity contribution in [3.8, 4) is 11.5 Å². The van der Waals surface area contributed by atoms with Crippen LogP contribution in [0.25, 0.3) is 0 Å². The van der Waals surface area contributed by atoms with E-state index in [1.54, 1.807) is 12.1 Å². The molecule has 5 heteroatoms. The summed E-state index contributed by atoms with van der Waals surface area (Å²) in [5, 5.41) is 10.5. The zero-order valence-electron chi connectivity index (χ0n) is 9.81. The van der Waals surface area contributed by atoms with Crippen molar-refractivity contribution in [1.29, 1.82) is 0 Å². The lowest BCUT2D eigenvalue weighted by Crippen LogP contribution is -2.30. The van der Waals surface area contributed by atoms with E-state index in [-0.39, 0.29) is 12.7 Å². The summed E-state index contributed by atoms with van der Waals surface area (Å²) in [6.07, 6.45) is -0.645. The number of ether oxygens (including phenoxy) is 2. The van der Waals surface area contributed by atoms with E-state index in [9.17, 15) is 5.11 Å². The number of nitrogens with two attached hydrogens (primary N) is 1. The van der Waals surface area contributed by atoms with E-state index < -0.39 is 12.1 Å². The number of hydrogen-bond donors (Lipinski definition) is 2. The normalized spacial score (nSPS) is 17.3. The van der Waals surface area contributed by atoms with E-state index in [1.165, 1.54) is 0 Å². The summed E-state index contributed by atoms with van der Waals surface area (Å²) in [4.78, 5) is 0. The van der Waals surface area contributed by atoms with E-state index in [1.807, 2.05) is 13.8 Å². The number of aliphatic hydroxyl groups excluding tert-OH is 1. The molecule has 0 saturated heterocycles. The Hall–Kier alpha value is -0.970. The van der Waals surface area contributed by atoms with Crippen LogP contribution >= 0.6 is 11.6 Å². The number of benzene rings is 1. The first kappa shape index (κ1) is 12.5. The monoisotopic (exact) mass is 257 g/mol. The van der Waals surface area contributed by atoms with Gasteiger partial charge in [-0.1, -0.05) is 25.4 Å². The summed E-state index contributed by atoms with van der Waals surface area (Å²) in [6, 6.07) is 2.88. The molecule has 0 aliphatic carbocycles. The molecule has 1 heterocycles. The molecule has 0 unspecified atom stereocenters. The van der Waals surface area contributed by atoms with Gasteiger partial charge in [-0.2, -0.15) is 0 Å². The molecule has 2 rings (SSSR count). The third-order valence-corrected chi connectivity index (χ3v) is 3.23. The van der Waals surface area contributed by atoms with Crippen LogP contribution in [0, 0.1) is 5.92 Å². The van der Waals surface area contributed by atoms with Gasteiger partial charge in [-0.3, -0.25) is 0 Å². The van der Waals surface area contributed by atoms with Crippen molar-refractivity contribution in [1.82, 2.24) is 0 Å². The van der Waals surface area contributed by atoms with Crippen molar-refractivity contribution >= 4 is 11.6 Å². The second-order valence-electron chi connectivity index (χ2n) is 4.49. The van der Waals surface area contributed by atoms with Crippen molar-refractivity contribution in [3.63, 3.8) is 0 Å². The van der Waals surface area contributed by atoms with Gasteiger partial charge in [0.2, 0.25) is 6.79 Å². The number of fused-ring (bicyclic) bond motifs is 1. The molecule has 0 saturated carbocycles. The van der Waals surface area contributed by atoms with Crippen molar-refractivity contribution in [3.05, 3.63) is 22.7 Å². The molecule has 0 fully saturated rings. The molecule has 0 bridgehead atoms. The van der Waals surface area contributed by atoms with E-state index in [0.717, 1.165) is 0 Å². The molecule has 4 nitrogen and oxygen atoms in total. The minimum atomic E-state index is -0.645. The predicted octanol–water partition coefficient (Wildman–Crippen LogP) is 2.09. The summed E-state index contributed by atoms with van der Waals surface area (Å²) in [5.41, 5.74) is 6.68. The Labute approximate surface area is 105 Å². The van der Waals surface area contributed by atoms with Gasteiger partial charge in [-0.25, -0.2) is 0 Å². The van der Waals surface area contributed by atoms with Gasteiger partial charge in [0.1, 0.15) is 0 Å². The summed E-state index contributed by atoms with van der Waals surface area (Å²) >= 11 is 6.12. The zero-order valence-corrected chi connectivity index (χ0v) is 10.6. The predicted molar refractivity (Wildman–Crippen MR) is 65.3 cm³/mol. The van der Waals surface area contributed by atoms with Gasteiger partial charge in [-0.05, 0) is 17.5 Å². The molecular formula is C12H16ClNO3. The first-order valence-electron chi connectivity index (χ1n) is 5.53. The third kappa shape index (κ3) is 2.34. The molecule has 1 aliphatic heterocycles. The Morgan fingerprint density at radius 2 is 1.88 bits per heavy atom. The van der Waals surface area contributed by atoms with Crippen molar-refractivity contribution in [2.24, 2.45) is 11.7 Å². The van der Waals surface area contributed by atoms with Crippen LogP contribution in [0.4, 0.5) is 0 Å². The van der Waals surface area contributed by atoms with Crippen LogP contribution in [0.1, 0.15) is 25.5 Å². The molecular weight excluding hydrogens is 242 g/mol. The summed E-state index contributed by atoms with van der Waals surface area (Å²) in [7, 11) is 0. The second-order valence-corrected chi connectivity index (χ2v) is 4.89. The Morgan fingerprint density at radius 3 is 2.47 bits per heavy atom. The fourth-order valence-electron chi connectivity index (χ4n) is 1.79. The molecule has 0 amide bonds. The minimum absolute atomic E-state index is 0.0616. The Bertz CT molecular complexity index is 422. The molecule has 1 aromatic rings. The number of hydrogen-bond acceptors (Lipinski definition) is 4. The summed E-state index contributed by atoms with van der Waals surface area (Å²) in [5.74, 6) is 1.30. The minimum Gasteiger partial charge on any atom is -0.454 e. The highest BCUT2D eigenvalue weighted by molar-refractivity contribution is 6.31. The highest BCUT2D eigenvalue weighted by atomic mass is 35.5. The summed E-state index contributed by atoms with van der Waals surface area (Å²) in [6.45, 7) is 4.01. The first-order valence-corrected chi connectivity index (χ1v) is 5.91. The zero-order chi connectivity index (χ0) is 12.6. The lowest BCUT2D eigenvalue weighted by atomic mass is 9.94. The molecule has 0 spiro atoms. The van der Waals surface area contributed by atoms with Crippen LogP contribution in [0.5, 0.6) is 11.5 Å². The van der Waals surface area contributed by atoms with Gasteiger partial charge in [0.05, 0.1) is 12.1 Å². The van der Waals surface area contributed by atoms with Gasteiger partial charge in [-0.15, -0.1) is 0 Å². The molecule has 0 radical (unpaired) electrons. The number of halogens is 1. The topological polar surface area (TPSA) is 64.7 Å². The summed E-state index contributed by atoms with van der Waals surface area (Å²) < 4.78 is 10.5. The van der Waals surface area contributed by atoms with Crippen molar-refractivity contribution in [2.75, 3.05) is 6.79 Å². The maximum Gasteiger partial charge on any atom is 0.231 e. The molecule has 1 aromatic carbocycles. The van der Waals surface area contributed by atoms with E-state index in [2.05, 4.69) is 0 Å². The van der Waals surface area contributed by atoms with Crippen LogP contribution < -0.4 is 15.2 Å². The first-order chi connectivity index (χ1) is 8.00. The maximum absolute atomic E-state index is 9.97.